The second-order valence-corrected chi connectivity index (χ2v) is 5.77. The zero-order chi connectivity index (χ0) is 18.2. The molecule has 0 saturated heterocycles. The number of benzene rings is 1. The van der Waals surface area contributed by atoms with Crippen molar-refractivity contribution in [1.82, 2.24) is 10.6 Å². The third-order valence-electron chi connectivity index (χ3n) is 3.65. The maximum atomic E-state index is 9.26. The highest BCUT2D eigenvalue weighted by atomic mass is 127. The first-order valence-corrected chi connectivity index (χ1v) is 9.14. The van der Waals surface area contributed by atoms with E-state index in [-0.39, 0.29) is 24.0 Å². The van der Waals surface area contributed by atoms with Crippen molar-refractivity contribution in [1.29, 1.82) is 0 Å². The van der Waals surface area contributed by atoms with Crippen LogP contribution >= 0.6 is 24.0 Å². The second-order valence-electron chi connectivity index (χ2n) is 5.77. The lowest BCUT2D eigenvalue weighted by atomic mass is 10.1. The standard InChI is InChI=1S/C19H33N3O3.HI/c1-3-4-13-24-15-16-25-14-12-22-19(20-2)21-11-5-6-17-7-9-18(23)10-8-17;/h7-10,23H,3-6,11-16H2,1-2H3,(H2,20,21,22);1H. The molecule has 0 aliphatic carbocycles. The van der Waals surface area contributed by atoms with Gasteiger partial charge in [0.25, 0.3) is 0 Å². The molecule has 0 aliphatic rings. The molecular formula is C19H34IN3O3. The summed E-state index contributed by atoms with van der Waals surface area (Å²) in [7, 11) is 1.76. The number of nitrogens with one attached hydrogen (secondary N) is 2. The van der Waals surface area contributed by atoms with Gasteiger partial charge in [-0.05, 0) is 37.0 Å². The van der Waals surface area contributed by atoms with Crippen molar-refractivity contribution >= 4 is 29.9 Å². The van der Waals surface area contributed by atoms with E-state index in [1.54, 1.807) is 19.2 Å². The number of rotatable bonds is 13. The fraction of sp³-hybridized carbons (Fsp3) is 0.632. The highest BCUT2D eigenvalue weighted by Gasteiger charge is 1.98. The molecule has 26 heavy (non-hydrogen) atoms. The quantitative estimate of drug-likeness (QED) is 0.176. The van der Waals surface area contributed by atoms with Gasteiger partial charge in [-0.3, -0.25) is 4.99 Å². The van der Waals surface area contributed by atoms with Gasteiger partial charge in [-0.15, -0.1) is 24.0 Å². The van der Waals surface area contributed by atoms with E-state index in [0.29, 0.717) is 32.1 Å². The van der Waals surface area contributed by atoms with E-state index in [1.807, 2.05) is 12.1 Å². The van der Waals surface area contributed by atoms with Gasteiger partial charge in [0, 0.05) is 26.7 Å². The number of phenols is 1. The zero-order valence-corrected chi connectivity index (χ0v) is 18.3. The fourth-order valence-electron chi connectivity index (χ4n) is 2.19. The van der Waals surface area contributed by atoms with Crippen LogP contribution in [0.1, 0.15) is 31.7 Å². The third kappa shape index (κ3) is 13.2. The van der Waals surface area contributed by atoms with Gasteiger partial charge in [-0.2, -0.15) is 0 Å². The van der Waals surface area contributed by atoms with E-state index in [0.717, 1.165) is 44.8 Å². The van der Waals surface area contributed by atoms with Crippen LogP contribution in [0.15, 0.2) is 29.3 Å². The zero-order valence-electron chi connectivity index (χ0n) is 16.0. The number of unbranched alkanes of at least 4 members (excludes halogenated alkanes) is 1. The molecule has 0 bridgehead atoms. The summed E-state index contributed by atoms with van der Waals surface area (Å²) in [5.74, 6) is 1.09. The summed E-state index contributed by atoms with van der Waals surface area (Å²) in [4.78, 5) is 4.19. The summed E-state index contributed by atoms with van der Waals surface area (Å²) in [6.07, 6.45) is 4.23. The molecule has 150 valence electrons. The highest BCUT2D eigenvalue weighted by Crippen LogP contribution is 2.10. The molecule has 0 fully saturated rings. The molecule has 0 saturated carbocycles. The Hall–Kier alpha value is -1.06. The number of hydrogen-bond donors (Lipinski definition) is 3. The Labute approximate surface area is 174 Å². The second kappa shape index (κ2) is 17.4. The van der Waals surface area contributed by atoms with Crippen LogP contribution in [-0.2, 0) is 15.9 Å². The molecule has 0 amide bonds. The Morgan fingerprint density at radius 1 is 0.962 bits per heavy atom. The number of phenolic OH excluding ortho intramolecular Hbond substituents is 1. The van der Waals surface area contributed by atoms with Gasteiger partial charge >= 0.3 is 0 Å². The highest BCUT2D eigenvalue weighted by molar-refractivity contribution is 14.0. The summed E-state index contributed by atoms with van der Waals surface area (Å²) < 4.78 is 10.9. The molecule has 0 radical (unpaired) electrons. The summed E-state index contributed by atoms with van der Waals surface area (Å²) in [5, 5.41) is 15.8. The lowest BCUT2D eigenvalue weighted by molar-refractivity contribution is 0.0487. The summed E-state index contributed by atoms with van der Waals surface area (Å²) in [6.45, 7) is 6.44. The van der Waals surface area contributed by atoms with Gasteiger partial charge in [-0.25, -0.2) is 0 Å². The number of aliphatic imine (C=N–C) groups is 1. The molecule has 6 nitrogen and oxygen atoms in total. The maximum Gasteiger partial charge on any atom is 0.191 e. The van der Waals surface area contributed by atoms with Crippen molar-refractivity contribution in [2.75, 3.05) is 46.6 Å². The van der Waals surface area contributed by atoms with Crippen LogP contribution in [0.4, 0.5) is 0 Å². The number of guanidine groups is 1. The predicted molar refractivity (Wildman–Crippen MR) is 118 cm³/mol. The van der Waals surface area contributed by atoms with Crippen molar-refractivity contribution in [2.45, 2.75) is 32.6 Å². The molecule has 1 rings (SSSR count). The Morgan fingerprint density at radius 2 is 1.62 bits per heavy atom. The number of aryl methyl sites for hydroxylation is 1. The van der Waals surface area contributed by atoms with E-state index in [9.17, 15) is 5.11 Å². The molecule has 0 aromatic heterocycles. The minimum absolute atomic E-state index is 0. The average Bonchev–Trinajstić information content (AvgIpc) is 2.63. The number of halogens is 1. The van der Waals surface area contributed by atoms with Gasteiger partial charge in [-0.1, -0.05) is 25.5 Å². The minimum Gasteiger partial charge on any atom is -0.508 e. The van der Waals surface area contributed by atoms with Crippen molar-refractivity contribution in [2.24, 2.45) is 4.99 Å². The lowest BCUT2D eigenvalue weighted by Gasteiger charge is -2.12. The molecule has 0 heterocycles. The molecule has 1 aromatic carbocycles. The van der Waals surface area contributed by atoms with Gasteiger partial charge in [0.15, 0.2) is 5.96 Å². The number of hydrogen-bond acceptors (Lipinski definition) is 4. The summed E-state index contributed by atoms with van der Waals surface area (Å²) >= 11 is 0. The van der Waals surface area contributed by atoms with Crippen LogP contribution in [0.5, 0.6) is 5.75 Å². The Bertz CT molecular complexity index is 470. The first-order valence-electron chi connectivity index (χ1n) is 9.14. The molecular weight excluding hydrogens is 445 g/mol. The lowest BCUT2D eigenvalue weighted by Crippen LogP contribution is -2.39. The Balaban J connectivity index is 0.00000625. The molecule has 1 aromatic rings. The maximum absolute atomic E-state index is 9.26. The third-order valence-corrected chi connectivity index (χ3v) is 3.65. The van der Waals surface area contributed by atoms with Crippen molar-refractivity contribution < 1.29 is 14.6 Å². The average molecular weight is 479 g/mol. The normalized spacial score (nSPS) is 11.1. The SMILES string of the molecule is CCCCOCCOCCNC(=NC)NCCCc1ccc(O)cc1.I. The summed E-state index contributed by atoms with van der Waals surface area (Å²) in [5.41, 5.74) is 1.22. The van der Waals surface area contributed by atoms with Crippen LogP contribution in [0, 0.1) is 0 Å². The van der Waals surface area contributed by atoms with Crippen LogP contribution < -0.4 is 10.6 Å². The Morgan fingerprint density at radius 3 is 2.27 bits per heavy atom. The molecule has 7 heteroatoms. The molecule has 0 unspecified atom stereocenters. The van der Waals surface area contributed by atoms with E-state index < -0.39 is 0 Å². The van der Waals surface area contributed by atoms with Crippen LogP contribution in [-0.4, -0.2) is 57.6 Å². The smallest absolute Gasteiger partial charge is 0.191 e. The molecule has 3 N–H and O–H groups in total. The van der Waals surface area contributed by atoms with Crippen LogP contribution in [0.2, 0.25) is 0 Å². The van der Waals surface area contributed by atoms with E-state index in [2.05, 4.69) is 22.5 Å². The van der Waals surface area contributed by atoms with Crippen LogP contribution in [0.3, 0.4) is 0 Å². The van der Waals surface area contributed by atoms with Crippen LogP contribution in [0.25, 0.3) is 0 Å². The first-order chi connectivity index (χ1) is 12.3. The number of ether oxygens (including phenoxy) is 2. The molecule has 0 atom stereocenters. The first kappa shape index (κ1) is 24.9. The molecule has 0 spiro atoms. The minimum atomic E-state index is 0. The topological polar surface area (TPSA) is 75.1 Å². The number of aromatic hydroxyl groups is 1. The number of nitrogens with zero attached hydrogens (tertiary/aromatic N) is 1. The predicted octanol–water partition coefficient (Wildman–Crippen LogP) is 2.94. The monoisotopic (exact) mass is 479 g/mol. The summed E-state index contributed by atoms with van der Waals surface area (Å²) in [6, 6.07) is 7.34. The van der Waals surface area contributed by atoms with Crippen molar-refractivity contribution in [3.63, 3.8) is 0 Å². The van der Waals surface area contributed by atoms with Gasteiger partial charge in [0.1, 0.15) is 5.75 Å². The van der Waals surface area contributed by atoms with Gasteiger partial charge in [0.05, 0.1) is 19.8 Å². The van der Waals surface area contributed by atoms with Gasteiger partial charge < -0.3 is 25.2 Å². The van der Waals surface area contributed by atoms with E-state index in [1.165, 1.54) is 5.56 Å². The van der Waals surface area contributed by atoms with Gasteiger partial charge in [0.2, 0.25) is 0 Å². The molecule has 0 aliphatic heterocycles. The van der Waals surface area contributed by atoms with E-state index >= 15 is 0 Å². The van der Waals surface area contributed by atoms with Crippen molar-refractivity contribution in [3.8, 4) is 5.75 Å². The fourth-order valence-corrected chi connectivity index (χ4v) is 2.19. The van der Waals surface area contributed by atoms with E-state index in [4.69, 9.17) is 9.47 Å². The van der Waals surface area contributed by atoms with Crippen molar-refractivity contribution in [3.05, 3.63) is 29.8 Å². The largest absolute Gasteiger partial charge is 0.508 e. The Kier molecular flexibility index (Phi) is 16.7.